The van der Waals surface area contributed by atoms with Gasteiger partial charge in [-0.25, -0.2) is 0 Å². The van der Waals surface area contributed by atoms with Gasteiger partial charge in [0, 0.05) is 11.8 Å². The molecule has 0 aromatic rings. The fourth-order valence-corrected chi connectivity index (χ4v) is 7.27. The van der Waals surface area contributed by atoms with E-state index in [4.69, 9.17) is 0 Å². The van der Waals surface area contributed by atoms with Crippen LogP contribution in [0.4, 0.5) is 0 Å². The first kappa shape index (κ1) is 14.0. The van der Waals surface area contributed by atoms with Crippen LogP contribution >= 0.6 is 0 Å². The summed E-state index contributed by atoms with van der Waals surface area (Å²) in [6, 6.07) is 0. The van der Waals surface area contributed by atoms with Crippen LogP contribution in [-0.4, -0.2) is 5.78 Å². The van der Waals surface area contributed by atoms with Crippen LogP contribution in [0.2, 0.25) is 0 Å². The minimum atomic E-state index is -0.00132. The predicted octanol–water partition coefficient (Wildman–Crippen LogP) is 5.15. The van der Waals surface area contributed by atoms with Gasteiger partial charge in [0.25, 0.3) is 0 Å². The molecule has 0 radical (unpaired) electrons. The predicted molar refractivity (Wildman–Crippen MR) is 85.9 cm³/mol. The van der Waals surface area contributed by atoms with E-state index < -0.39 is 0 Å². The lowest BCUT2D eigenvalue weighted by Gasteiger charge is -2.62. The van der Waals surface area contributed by atoms with E-state index >= 15 is 0 Å². The first-order valence-corrected chi connectivity index (χ1v) is 9.01. The lowest BCUT2D eigenvalue weighted by molar-refractivity contribution is -0.170. The average molecular weight is 286 g/mol. The number of hydrogen-bond donors (Lipinski definition) is 0. The van der Waals surface area contributed by atoms with Crippen LogP contribution in [0.25, 0.3) is 0 Å². The molecule has 0 aromatic heterocycles. The molecule has 1 nitrogen and oxygen atoms in total. The maximum Gasteiger partial charge on any atom is 0.139 e. The molecule has 21 heavy (non-hydrogen) atoms. The van der Waals surface area contributed by atoms with E-state index in [1.165, 1.54) is 37.7 Å². The summed E-state index contributed by atoms with van der Waals surface area (Å²) in [7, 11) is 0. The number of carbonyl (C=O) groups is 1. The molecule has 0 unspecified atom stereocenters. The Morgan fingerprint density at radius 2 is 1.86 bits per heavy atom. The van der Waals surface area contributed by atoms with Crippen LogP contribution < -0.4 is 0 Å². The number of Topliss-reactive ketones (excluding diaryl/α,β-unsaturated/α-hetero) is 1. The van der Waals surface area contributed by atoms with Gasteiger partial charge in [-0.1, -0.05) is 39.3 Å². The summed E-state index contributed by atoms with van der Waals surface area (Å²) in [6.07, 6.45) is 9.57. The number of fused-ring (bicyclic) bond motifs is 3. The van der Waals surface area contributed by atoms with Crippen molar-refractivity contribution in [3.05, 3.63) is 12.2 Å². The first-order chi connectivity index (χ1) is 9.80. The third-order valence-corrected chi connectivity index (χ3v) is 8.22. The summed E-state index contributed by atoms with van der Waals surface area (Å²) >= 11 is 0. The average Bonchev–Trinajstić information content (AvgIpc) is 2.65. The second-order valence-electron chi connectivity index (χ2n) is 9.55. The Morgan fingerprint density at radius 1 is 1.10 bits per heavy atom. The Bertz CT molecular complexity index is 516. The highest BCUT2D eigenvalue weighted by Gasteiger charge is 2.66. The van der Waals surface area contributed by atoms with E-state index in [0.29, 0.717) is 34.4 Å². The minimum absolute atomic E-state index is 0.00132. The quantitative estimate of drug-likeness (QED) is 0.562. The molecule has 4 saturated carbocycles. The maximum absolute atomic E-state index is 13.2. The minimum Gasteiger partial charge on any atom is -0.299 e. The SMILES string of the molecule is C=C1C[C@]23C[C@H]1CC[C@H]2[C@]1(C)CCCC(C)(C)[C@H]1CC3=O. The van der Waals surface area contributed by atoms with Crippen molar-refractivity contribution in [2.75, 3.05) is 0 Å². The molecule has 5 atom stereocenters. The monoisotopic (exact) mass is 286 g/mol. The van der Waals surface area contributed by atoms with Crippen molar-refractivity contribution in [1.82, 2.24) is 0 Å². The standard InChI is InChI=1S/C20H30O/c1-13-11-20-12-14(13)6-7-15(20)19(4)9-5-8-18(2,3)16(19)10-17(20)21/h14-16H,1,5-12H2,2-4H3/t14-,15+,16-,19+,20+/m1/s1. The molecule has 4 aliphatic rings. The maximum atomic E-state index is 13.2. The zero-order chi connectivity index (χ0) is 15.0. The van der Waals surface area contributed by atoms with Gasteiger partial charge < -0.3 is 0 Å². The van der Waals surface area contributed by atoms with Crippen molar-refractivity contribution in [2.24, 2.45) is 34.0 Å². The van der Waals surface area contributed by atoms with Crippen molar-refractivity contribution in [1.29, 1.82) is 0 Å². The molecule has 2 bridgehead atoms. The molecule has 1 spiro atoms. The van der Waals surface area contributed by atoms with Crippen LogP contribution in [0.15, 0.2) is 12.2 Å². The van der Waals surface area contributed by atoms with Crippen LogP contribution in [0, 0.1) is 34.0 Å². The molecule has 4 aliphatic carbocycles. The topological polar surface area (TPSA) is 17.1 Å². The summed E-state index contributed by atoms with van der Waals surface area (Å²) in [5.74, 6) is 2.49. The van der Waals surface area contributed by atoms with Gasteiger partial charge in [-0.15, -0.1) is 0 Å². The molecule has 0 saturated heterocycles. The van der Waals surface area contributed by atoms with Crippen LogP contribution in [0.5, 0.6) is 0 Å². The molecule has 1 heteroatoms. The van der Waals surface area contributed by atoms with Crippen LogP contribution in [-0.2, 0) is 4.79 Å². The van der Waals surface area contributed by atoms with E-state index in [0.717, 1.165) is 19.3 Å². The van der Waals surface area contributed by atoms with Crippen molar-refractivity contribution >= 4 is 5.78 Å². The highest BCUT2D eigenvalue weighted by atomic mass is 16.1. The van der Waals surface area contributed by atoms with E-state index in [9.17, 15) is 4.79 Å². The number of carbonyl (C=O) groups excluding carboxylic acids is 1. The third-order valence-electron chi connectivity index (χ3n) is 8.22. The zero-order valence-electron chi connectivity index (χ0n) is 14.0. The molecule has 0 aromatic carbocycles. The molecule has 0 amide bonds. The van der Waals surface area contributed by atoms with E-state index in [1.807, 2.05) is 0 Å². The van der Waals surface area contributed by atoms with Crippen molar-refractivity contribution < 1.29 is 4.79 Å². The van der Waals surface area contributed by atoms with Gasteiger partial charge in [0.2, 0.25) is 0 Å². The molecular weight excluding hydrogens is 256 g/mol. The van der Waals surface area contributed by atoms with Gasteiger partial charge in [-0.3, -0.25) is 4.79 Å². The molecule has 4 rings (SSSR count). The summed E-state index contributed by atoms with van der Waals surface area (Å²) in [6.45, 7) is 11.7. The van der Waals surface area contributed by atoms with E-state index in [-0.39, 0.29) is 5.41 Å². The normalized spacial score (nSPS) is 51.5. The summed E-state index contributed by atoms with van der Waals surface area (Å²) in [4.78, 5) is 13.2. The van der Waals surface area contributed by atoms with E-state index in [1.54, 1.807) is 0 Å². The van der Waals surface area contributed by atoms with Crippen molar-refractivity contribution in [2.45, 2.75) is 72.1 Å². The van der Waals surface area contributed by atoms with Gasteiger partial charge in [0.1, 0.15) is 5.78 Å². The Balaban J connectivity index is 1.81. The molecule has 116 valence electrons. The largest absolute Gasteiger partial charge is 0.299 e. The number of ketones is 1. The van der Waals surface area contributed by atoms with E-state index in [2.05, 4.69) is 27.4 Å². The molecular formula is C20H30O. The fraction of sp³-hybridized carbons (Fsp3) is 0.850. The van der Waals surface area contributed by atoms with Gasteiger partial charge in [0.05, 0.1) is 0 Å². The van der Waals surface area contributed by atoms with Crippen LogP contribution in [0.3, 0.4) is 0 Å². The molecule has 0 aliphatic heterocycles. The summed E-state index contributed by atoms with van der Waals surface area (Å²) in [5.41, 5.74) is 2.13. The van der Waals surface area contributed by atoms with Gasteiger partial charge >= 0.3 is 0 Å². The second kappa shape index (κ2) is 4.03. The highest BCUT2D eigenvalue weighted by molar-refractivity contribution is 5.88. The molecule has 4 fully saturated rings. The molecule has 0 N–H and O–H groups in total. The highest BCUT2D eigenvalue weighted by Crippen LogP contribution is 2.70. The van der Waals surface area contributed by atoms with Crippen molar-refractivity contribution in [3.8, 4) is 0 Å². The number of hydrogen-bond acceptors (Lipinski definition) is 1. The number of rotatable bonds is 0. The van der Waals surface area contributed by atoms with Gasteiger partial charge in [-0.2, -0.15) is 0 Å². The van der Waals surface area contributed by atoms with Crippen molar-refractivity contribution in [3.63, 3.8) is 0 Å². The lowest BCUT2D eigenvalue weighted by atomic mass is 9.41. The Hall–Kier alpha value is -0.590. The Labute approximate surface area is 129 Å². The first-order valence-electron chi connectivity index (χ1n) is 9.01. The summed E-state index contributed by atoms with van der Waals surface area (Å²) in [5, 5.41) is 0. The van der Waals surface area contributed by atoms with Gasteiger partial charge in [-0.05, 0) is 67.1 Å². The smallest absolute Gasteiger partial charge is 0.139 e. The summed E-state index contributed by atoms with van der Waals surface area (Å²) < 4.78 is 0. The van der Waals surface area contributed by atoms with Gasteiger partial charge in [0.15, 0.2) is 0 Å². The fourth-order valence-electron chi connectivity index (χ4n) is 7.27. The molecule has 0 heterocycles. The zero-order valence-corrected chi connectivity index (χ0v) is 14.0. The Kier molecular flexibility index (Phi) is 2.69. The third kappa shape index (κ3) is 1.61. The lowest BCUT2D eigenvalue weighted by Crippen LogP contribution is -2.59. The number of allylic oxidation sites excluding steroid dienone is 1. The Morgan fingerprint density at radius 3 is 2.62 bits per heavy atom. The van der Waals surface area contributed by atoms with Crippen LogP contribution in [0.1, 0.15) is 72.1 Å². The second-order valence-corrected chi connectivity index (χ2v) is 9.55.